The fourth-order valence-electron chi connectivity index (χ4n) is 4.29. The van der Waals surface area contributed by atoms with E-state index >= 15 is 0 Å². The standard InChI is InChI=1S/C22H39N7O2.HI/c1-6-27(21(30)31-22(2,3)4)16-17-10-13-28(14-11-17)20(23-5)24-15-19-26-25-18-9-7-8-12-29(18)19;/h17H,6-16H2,1-5H3,(H,23,24);1H. The van der Waals surface area contributed by atoms with E-state index in [1.807, 2.05) is 39.6 Å². The van der Waals surface area contributed by atoms with Crippen LogP contribution in [0.25, 0.3) is 0 Å². The third-order valence-electron chi connectivity index (χ3n) is 5.98. The first kappa shape index (κ1) is 26.7. The summed E-state index contributed by atoms with van der Waals surface area (Å²) >= 11 is 0. The third-order valence-corrected chi connectivity index (χ3v) is 5.98. The van der Waals surface area contributed by atoms with E-state index in [9.17, 15) is 4.79 Å². The maximum Gasteiger partial charge on any atom is 0.410 e. The van der Waals surface area contributed by atoms with E-state index in [1.54, 1.807) is 0 Å². The van der Waals surface area contributed by atoms with Crippen molar-refractivity contribution in [2.45, 2.75) is 78.5 Å². The fourth-order valence-corrected chi connectivity index (χ4v) is 4.29. The van der Waals surface area contributed by atoms with Crippen molar-refractivity contribution in [2.24, 2.45) is 10.9 Å². The summed E-state index contributed by atoms with van der Waals surface area (Å²) in [5, 5.41) is 12.2. The number of rotatable bonds is 5. The van der Waals surface area contributed by atoms with Crippen LogP contribution in [-0.2, 0) is 24.2 Å². The minimum absolute atomic E-state index is 0. The summed E-state index contributed by atoms with van der Waals surface area (Å²) in [6.45, 7) is 12.6. The number of nitrogens with one attached hydrogen (secondary N) is 1. The predicted molar refractivity (Wildman–Crippen MR) is 136 cm³/mol. The molecule has 0 atom stereocenters. The van der Waals surface area contributed by atoms with Crippen LogP contribution in [0.3, 0.4) is 0 Å². The average molecular weight is 562 g/mol. The second-order valence-corrected chi connectivity index (χ2v) is 9.49. The Hall–Kier alpha value is -1.59. The number of aliphatic imine (C=N–C) groups is 1. The summed E-state index contributed by atoms with van der Waals surface area (Å²) in [7, 11) is 1.83. The van der Waals surface area contributed by atoms with Crippen molar-refractivity contribution >= 4 is 36.0 Å². The molecule has 0 unspecified atom stereocenters. The van der Waals surface area contributed by atoms with E-state index in [1.165, 1.54) is 12.8 Å². The van der Waals surface area contributed by atoms with Crippen molar-refractivity contribution in [3.8, 4) is 0 Å². The van der Waals surface area contributed by atoms with Crippen molar-refractivity contribution in [1.29, 1.82) is 0 Å². The van der Waals surface area contributed by atoms with Gasteiger partial charge < -0.3 is 24.4 Å². The van der Waals surface area contributed by atoms with Gasteiger partial charge in [0.05, 0.1) is 6.54 Å². The molecule has 1 amide bonds. The molecule has 1 fully saturated rings. The Morgan fingerprint density at radius 2 is 1.94 bits per heavy atom. The number of ether oxygens (including phenoxy) is 1. The zero-order valence-corrected chi connectivity index (χ0v) is 22.6. The Bertz CT molecular complexity index is 767. The van der Waals surface area contributed by atoms with E-state index in [-0.39, 0.29) is 30.1 Å². The van der Waals surface area contributed by atoms with E-state index in [0.717, 1.165) is 63.0 Å². The zero-order chi connectivity index (χ0) is 22.4. The average Bonchev–Trinajstić information content (AvgIpc) is 3.15. The van der Waals surface area contributed by atoms with Gasteiger partial charge in [0.2, 0.25) is 0 Å². The monoisotopic (exact) mass is 561 g/mol. The van der Waals surface area contributed by atoms with Crippen LogP contribution in [0.2, 0.25) is 0 Å². The zero-order valence-electron chi connectivity index (χ0n) is 20.3. The summed E-state index contributed by atoms with van der Waals surface area (Å²) in [4.78, 5) is 21.0. The second kappa shape index (κ2) is 12.0. The van der Waals surface area contributed by atoms with E-state index < -0.39 is 5.60 Å². The summed E-state index contributed by atoms with van der Waals surface area (Å²) in [6, 6.07) is 0. The number of piperidine rings is 1. The maximum atomic E-state index is 12.4. The van der Waals surface area contributed by atoms with Crippen LogP contribution < -0.4 is 5.32 Å². The lowest BCUT2D eigenvalue weighted by atomic mass is 9.96. The first-order chi connectivity index (χ1) is 14.8. The molecule has 10 heteroatoms. The quantitative estimate of drug-likeness (QED) is 0.338. The van der Waals surface area contributed by atoms with Crippen LogP contribution in [0, 0.1) is 5.92 Å². The van der Waals surface area contributed by atoms with Crippen LogP contribution in [0.1, 0.15) is 65.0 Å². The van der Waals surface area contributed by atoms with E-state index in [4.69, 9.17) is 4.74 Å². The van der Waals surface area contributed by atoms with Crippen molar-refractivity contribution in [1.82, 2.24) is 29.9 Å². The molecule has 3 heterocycles. The SMILES string of the molecule is CCN(CC1CCN(C(=NC)NCc2nnc3n2CCCC3)CC1)C(=O)OC(C)(C)C.I. The van der Waals surface area contributed by atoms with Gasteiger partial charge in [-0.1, -0.05) is 0 Å². The number of hydrogen-bond donors (Lipinski definition) is 1. The first-order valence-electron chi connectivity index (χ1n) is 11.6. The number of aryl methyl sites for hydroxylation is 1. The van der Waals surface area contributed by atoms with Crippen molar-refractivity contribution in [2.75, 3.05) is 33.2 Å². The van der Waals surface area contributed by atoms with Gasteiger partial charge in [-0.15, -0.1) is 34.2 Å². The molecule has 2 aliphatic rings. The lowest BCUT2D eigenvalue weighted by Gasteiger charge is -2.36. The maximum absolute atomic E-state index is 12.4. The van der Waals surface area contributed by atoms with Crippen molar-refractivity contribution < 1.29 is 9.53 Å². The molecule has 1 saturated heterocycles. The number of guanidine groups is 1. The first-order valence-corrected chi connectivity index (χ1v) is 11.6. The topological polar surface area (TPSA) is 87.9 Å². The highest BCUT2D eigenvalue weighted by atomic mass is 127. The summed E-state index contributed by atoms with van der Waals surface area (Å²) in [5.74, 6) is 3.47. The lowest BCUT2D eigenvalue weighted by molar-refractivity contribution is 0.0214. The van der Waals surface area contributed by atoms with Crippen LogP contribution in [-0.4, -0.2) is 75.4 Å². The van der Waals surface area contributed by atoms with Gasteiger partial charge in [0.1, 0.15) is 11.4 Å². The molecule has 0 radical (unpaired) electrons. The van der Waals surface area contributed by atoms with Gasteiger partial charge in [0, 0.05) is 46.2 Å². The van der Waals surface area contributed by atoms with Gasteiger partial charge in [-0.3, -0.25) is 4.99 Å². The molecule has 182 valence electrons. The van der Waals surface area contributed by atoms with E-state index in [2.05, 4.69) is 30.0 Å². The van der Waals surface area contributed by atoms with Gasteiger partial charge in [-0.2, -0.15) is 0 Å². The Kier molecular flexibility index (Phi) is 10.0. The highest BCUT2D eigenvalue weighted by Crippen LogP contribution is 2.20. The number of carbonyl (C=O) groups excluding carboxylic acids is 1. The number of hydrogen-bond acceptors (Lipinski definition) is 5. The Labute approximate surface area is 209 Å². The Morgan fingerprint density at radius 3 is 2.56 bits per heavy atom. The van der Waals surface area contributed by atoms with Gasteiger partial charge in [0.25, 0.3) is 0 Å². The Balaban J connectivity index is 0.00000363. The highest BCUT2D eigenvalue weighted by Gasteiger charge is 2.27. The molecular weight excluding hydrogens is 521 g/mol. The molecule has 1 aromatic rings. The summed E-state index contributed by atoms with van der Waals surface area (Å²) < 4.78 is 7.79. The summed E-state index contributed by atoms with van der Waals surface area (Å²) in [5.41, 5.74) is -0.463. The molecule has 1 N–H and O–H groups in total. The molecule has 32 heavy (non-hydrogen) atoms. The fraction of sp³-hybridized carbons (Fsp3) is 0.818. The molecule has 1 aromatic heterocycles. The number of likely N-dealkylation sites (tertiary alicyclic amines) is 1. The van der Waals surface area contributed by atoms with Gasteiger partial charge in [-0.25, -0.2) is 4.79 Å². The number of halogens is 1. The molecule has 3 rings (SSSR count). The van der Waals surface area contributed by atoms with Crippen LogP contribution in [0.4, 0.5) is 4.79 Å². The minimum Gasteiger partial charge on any atom is -0.444 e. The predicted octanol–water partition coefficient (Wildman–Crippen LogP) is 3.28. The molecule has 9 nitrogen and oxygen atoms in total. The lowest BCUT2D eigenvalue weighted by Crippen LogP contribution is -2.47. The second-order valence-electron chi connectivity index (χ2n) is 9.49. The summed E-state index contributed by atoms with van der Waals surface area (Å²) in [6.07, 6.45) is 5.25. The van der Waals surface area contributed by atoms with Crippen LogP contribution >= 0.6 is 24.0 Å². The number of nitrogens with zero attached hydrogens (tertiary/aromatic N) is 6. The molecule has 2 aliphatic heterocycles. The molecular formula is C22H40IN7O2. The van der Waals surface area contributed by atoms with Crippen molar-refractivity contribution in [3.63, 3.8) is 0 Å². The third kappa shape index (κ3) is 7.21. The van der Waals surface area contributed by atoms with Gasteiger partial charge >= 0.3 is 6.09 Å². The minimum atomic E-state index is -0.463. The molecule has 0 saturated carbocycles. The van der Waals surface area contributed by atoms with Gasteiger partial charge in [0.15, 0.2) is 11.8 Å². The van der Waals surface area contributed by atoms with Crippen molar-refractivity contribution in [3.05, 3.63) is 11.6 Å². The highest BCUT2D eigenvalue weighted by molar-refractivity contribution is 14.0. The smallest absolute Gasteiger partial charge is 0.410 e. The van der Waals surface area contributed by atoms with E-state index in [0.29, 0.717) is 19.0 Å². The molecule has 0 bridgehead atoms. The number of carbonyl (C=O) groups is 1. The van der Waals surface area contributed by atoms with Crippen LogP contribution in [0.5, 0.6) is 0 Å². The normalized spacial score (nSPS) is 17.4. The molecule has 0 aromatic carbocycles. The van der Waals surface area contributed by atoms with Gasteiger partial charge in [-0.05, 0) is 59.3 Å². The Morgan fingerprint density at radius 1 is 1.22 bits per heavy atom. The number of fused-ring (bicyclic) bond motifs is 1. The molecule has 0 spiro atoms. The van der Waals surface area contributed by atoms with Crippen LogP contribution in [0.15, 0.2) is 4.99 Å². The molecule has 0 aliphatic carbocycles. The number of amides is 1. The number of aromatic nitrogens is 3. The largest absolute Gasteiger partial charge is 0.444 e.